The Hall–Kier alpha value is -2.36. The van der Waals surface area contributed by atoms with Crippen LogP contribution in [0.1, 0.15) is 50.3 Å². The zero-order chi connectivity index (χ0) is 22.0. The van der Waals surface area contributed by atoms with Crippen LogP contribution in [-0.2, 0) is 4.79 Å². The standard InChI is InChI=1S/C19H27N5.C2HF3O2/c1-2-11-23(10-1)17-7-8-18-20-19(21-24(18)14-17)16-4-3-9-22(13-16)12-15-5-6-15;3-2(4,5)1(6)7/h7-8,14-16H,1-6,9-13H2;(H,6,7). The van der Waals surface area contributed by atoms with Crippen molar-refractivity contribution in [2.75, 3.05) is 37.6 Å². The van der Waals surface area contributed by atoms with E-state index in [1.54, 1.807) is 0 Å². The van der Waals surface area contributed by atoms with Crippen LogP contribution in [-0.4, -0.2) is 69.5 Å². The van der Waals surface area contributed by atoms with Gasteiger partial charge in [-0.15, -0.1) is 0 Å². The first-order valence-corrected chi connectivity index (χ1v) is 10.9. The lowest BCUT2D eigenvalue weighted by molar-refractivity contribution is -0.192. The summed E-state index contributed by atoms with van der Waals surface area (Å²) in [5, 5.41) is 12.0. The molecule has 170 valence electrons. The van der Waals surface area contributed by atoms with Crippen molar-refractivity contribution in [2.45, 2.75) is 50.6 Å². The van der Waals surface area contributed by atoms with Crippen LogP contribution < -0.4 is 4.90 Å². The van der Waals surface area contributed by atoms with Gasteiger partial charge in [-0.1, -0.05) is 0 Å². The third-order valence-corrected chi connectivity index (χ3v) is 6.13. The molecular formula is C21H28F3N5O2. The number of carboxylic acid groups (broad SMARTS) is 1. The van der Waals surface area contributed by atoms with Crippen LogP contribution in [0.15, 0.2) is 18.3 Å². The van der Waals surface area contributed by atoms with E-state index in [0.29, 0.717) is 5.92 Å². The number of nitrogens with zero attached hydrogens (tertiary/aromatic N) is 5. The van der Waals surface area contributed by atoms with E-state index >= 15 is 0 Å². The van der Waals surface area contributed by atoms with Gasteiger partial charge in [-0.25, -0.2) is 14.3 Å². The van der Waals surface area contributed by atoms with Crippen LogP contribution in [0, 0.1) is 5.92 Å². The summed E-state index contributed by atoms with van der Waals surface area (Å²) in [6.07, 6.45) is 5.09. The van der Waals surface area contributed by atoms with E-state index in [9.17, 15) is 13.2 Å². The summed E-state index contributed by atoms with van der Waals surface area (Å²) in [6.45, 7) is 6.05. The number of fused-ring (bicyclic) bond motifs is 1. The first-order chi connectivity index (χ1) is 14.8. The van der Waals surface area contributed by atoms with Gasteiger partial charge in [0.05, 0.1) is 11.9 Å². The van der Waals surface area contributed by atoms with Crippen molar-refractivity contribution >= 4 is 17.3 Å². The lowest BCUT2D eigenvalue weighted by Gasteiger charge is -2.31. The number of hydrogen-bond donors (Lipinski definition) is 1. The molecule has 1 unspecified atom stereocenters. The SMILES string of the molecule is O=C(O)C(F)(F)F.c1cc2nc(C3CCCN(CC4CC4)C3)nn2cc1N1CCCC1. The Bertz CT molecular complexity index is 906. The Labute approximate surface area is 178 Å². The third-order valence-electron chi connectivity index (χ3n) is 6.13. The number of alkyl halides is 3. The number of carboxylic acids is 1. The molecule has 1 N–H and O–H groups in total. The molecule has 0 aromatic carbocycles. The number of aliphatic carboxylic acids is 1. The van der Waals surface area contributed by atoms with E-state index in [4.69, 9.17) is 20.0 Å². The van der Waals surface area contributed by atoms with Crippen LogP contribution in [0.4, 0.5) is 18.9 Å². The molecule has 7 nitrogen and oxygen atoms in total. The van der Waals surface area contributed by atoms with Gasteiger partial charge in [0.15, 0.2) is 11.5 Å². The Balaban J connectivity index is 0.000000289. The Kier molecular flexibility index (Phi) is 6.36. The molecule has 1 atom stereocenters. The molecule has 2 aromatic rings. The summed E-state index contributed by atoms with van der Waals surface area (Å²) in [5.41, 5.74) is 2.28. The molecule has 10 heteroatoms. The van der Waals surface area contributed by atoms with Gasteiger partial charge in [-0.2, -0.15) is 18.3 Å². The number of hydrogen-bond acceptors (Lipinski definition) is 5. The maximum absolute atomic E-state index is 10.6. The zero-order valence-electron chi connectivity index (χ0n) is 17.4. The largest absolute Gasteiger partial charge is 0.490 e. The number of aromatic nitrogens is 3. The molecule has 0 bridgehead atoms. The molecule has 3 fully saturated rings. The van der Waals surface area contributed by atoms with E-state index in [1.807, 2.05) is 4.52 Å². The van der Waals surface area contributed by atoms with E-state index in [2.05, 4.69) is 28.1 Å². The molecule has 5 rings (SSSR count). The minimum Gasteiger partial charge on any atom is -0.475 e. The summed E-state index contributed by atoms with van der Waals surface area (Å²) in [4.78, 5) is 18.8. The number of pyridine rings is 1. The average molecular weight is 439 g/mol. The first kappa shape index (κ1) is 21.9. The summed E-state index contributed by atoms with van der Waals surface area (Å²) in [6, 6.07) is 4.34. The molecule has 2 saturated heterocycles. The van der Waals surface area contributed by atoms with Gasteiger partial charge < -0.3 is 14.9 Å². The van der Waals surface area contributed by atoms with Gasteiger partial charge >= 0.3 is 12.1 Å². The third kappa shape index (κ3) is 5.66. The number of rotatable bonds is 4. The summed E-state index contributed by atoms with van der Waals surface area (Å²) in [7, 11) is 0. The quantitative estimate of drug-likeness (QED) is 0.786. The predicted octanol–water partition coefficient (Wildman–Crippen LogP) is 3.55. The van der Waals surface area contributed by atoms with E-state index in [-0.39, 0.29) is 0 Å². The highest BCUT2D eigenvalue weighted by Crippen LogP contribution is 2.33. The minimum atomic E-state index is -5.08. The molecule has 0 spiro atoms. The van der Waals surface area contributed by atoms with Gasteiger partial charge in [0.2, 0.25) is 0 Å². The van der Waals surface area contributed by atoms with Gasteiger partial charge in [-0.05, 0) is 63.1 Å². The molecular weight excluding hydrogens is 411 g/mol. The fraction of sp³-hybridized carbons (Fsp3) is 0.667. The van der Waals surface area contributed by atoms with E-state index in [0.717, 1.165) is 23.9 Å². The van der Waals surface area contributed by atoms with Crippen LogP contribution in [0.3, 0.4) is 0 Å². The topological polar surface area (TPSA) is 74.0 Å². The average Bonchev–Trinajstić information content (AvgIpc) is 3.21. The molecule has 1 saturated carbocycles. The van der Waals surface area contributed by atoms with E-state index < -0.39 is 12.1 Å². The number of carbonyl (C=O) groups is 1. The number of likely N-dealkylation sites (tertiary alicyclic amines) is 1. The van der Waals surface area contributed by atoms with Crippen molar-refractivity contribution in [1.29, 1.82) is 0 Å². The van der Waals surface area contributed by atoms with Crippen molar-refractivity contribution < 1.29 is 23.1 Å². The Morgan fingerprint density at radius 2 is 1.81 bits per heavy atom. The van der Waals surface area contributed by atoms with Gasteiger partial charge in [-0.3, -0.25) is 0 Å². The van der Waals surface area contributed by atoms with Crippen LogP contribution in [0.5, 0.6) is 0 Å². The Morgan fingerprint density at radius 3 is 2.45 bits per heavy atom. The molecule has 3 aliphatic rings. The van der Waals surface area contributed by atoms with Crippen molar-refractivity contribution in [2.24, 2.45) is 5.92 Å². The summed E-state index contributed by atoms with van der Waals surface area (Å²) in [5.74, 6) is -0.227. The Morgan fingerprint density at radius 1 is 1.10 bits per heavy atom. The first-order valence-electron chi connectivity index (χ1n) is 10.9. The second-order valence-corrected chi connectivity index (χ2v) is 8.70. The predicted molar refractivity (Wildman–Crippen MR) is 109 cm³/mol. The molecule has 0 radical (unpaired) electrons. The van der Waals surface area contributed by atoms with E-state index in [1.165, 1.54) is 70.4 Å². The highest BCUT2D eigenvalue weighted by molar-refractivity contribution is 5.73. The lowest BCUT2D eigenvalue weighted by atomic mass is 9.97. The van der Waals surface area contributed by atoms with Crippen molar-refractivity contribution in [3.63, 3.8) is 0 Å². The highest BCUT2D eigenvalue weighted by atomic mass is 19.4. The highest BCUT2D eigenvalue weighted by Gasteiger charge is 2.38. The lowest BCUT2D eigenvalue weighted by Crippen LogP contribution is -2.36. The molecule has 0 amide bonds. The minimum absolute atomic E-state index is 0.507. The molecule has 2 aromatic heterocycles. The summed E-state index contributed by atoms with van der Waals surface area (Å²) >= 11 is 0. The van der Waals surface area contributed by atoms with Crippen molar-refractivity contribution in [3.8, 4) is 0 Å². The molecule has 31 heavy (non-hydrogen) atoms. The van der Waals surface area contributed by atoms with Gasteiger partial charge in [0, 0.05) is 32.1 Å². The molecule has 1 aliphatic carbocycles. The maximum Gasteiger partial charge on any atom is 0.490 e. The maximum atomic E-state index is 10.6. The summed E-state index contributed by atoms with van der Waals surface area (Å²) < 4.78 is 33.7. The molecule has 2 aliphatic heterocycles. The van der Waals surface area contributed by atoms with Gasteiger partial charge in [0.25, 0.3) is 0 Å². The normalized spacial score (nSPS) is 22.4. The molecule has 4 heterocycles. The second kappa shape index (κ2) is 9.02. The fourth-order valence-electron chi connectivity index (χ4n) is 4.32. The number of piperidine rings is 1. The van der Waals surface area contributed by atoms with Crippen LogP contribution in [0.2, 0.25) is 0 Å². The van der Waals surface area contributed by atoms with Gasteiger partial charge in [0.1, 0.15) is 0 Å². The fourth-order valence-corrected chi connectivity index (χ4v) is 4.32. The van der Waals surface area contributed by atoms with Crippen molar-refractivity contribution in [1.82, 2.24) is 19.5 Å². The smallest absolute Gasteiger partial charge is 0.475 e. The second-order valence-electron chi connectivity index (χ2n) is 8.70. The number of halogens is 3. The van der Waals surface area contributed by atoms with Crippen LogP contribution >= 0.6 is 0 Å². The number of anilines is 1. The van der Waals surface area contributed by atoms with Crippen LogP contribution in [0.25, 0.3) is 5.65 Å². The zero-order valence-corrected chi connectivity index (χ0v) is 17.4. The van der Waals surface area contributed by atoms with Crippen molar-refractivity contribution in [3.05, 3.63) is 24.2 Å². The monoisotopic (exact) mass is 439 g/mol.